The smallest absolute Gasteiger partial charge is 1.00 e. The average molecular weight is 1240 g/mol. The molecule has 0 saturated carbocycles. The van der Waals surface area contributed by atoms with Crippen molar-refractivity contribution in [1.82, 2.24) is 21.3 Å². The van der Waals surface area contributed by atoms with Crippen LogP contribution in [-0.4, -0.2) is 128 Å². The number of urea groups is 1. The summed E-state index contributed by atoms with van der Waals surface area (Å²) in [5, 5.41) is 31.4. The topological polar surface area (TPSA) is 270 Å². The van der Waals surface area contributed by atoms with Gasteiger partial charge in [-0.05, 0) is 38.5 Å². The van der Waals surface area contributed by atoms with E-state index in [0.717, 1.165) is 103 Å². The third kappa shape index (κ3) is 61.9. The maximum atomic E-state index is 12.9. The van der Waals surface area contributed by atoms with Crippen LogP contribution in [0.5, 0.6) is 0 Å². The number of unbranched alkanes of at least 4 members (excludes halogenated alkanes) is 28. The molecule has 0 aromatic heterocycles. The molecule has 0 saturated heterocycles. The van der Waals surface area contributed by atoms with Gasteiger partial charge < -0.3 is 53.6 Å². The number of nitrogens with one attached hydrogen (secondary N) is 4. The largest absolute Gasteiger partial charge is 1.00 e. The van der Waals surface area contributed by atoms with Crippen molar-refractivity contribution < 1.29 is 133 Å². The van der Waals surface area contributed by atoms with E-state index >= 15 is 0 Å². The number of carbonyl (C=O) groups excluding carboxylic acids is 3. The van der Waals surface area contributed by atoms with Gasteiger partial charge in [-0.3, -0.25) is 27.7 Å². The molecular weight excluding hydrogens is 1110 g/mol. The number of aliphatic hydroxyl groups is 2. The summed E-state index contributed by atoms with van der Waals surface area (Å²) in [6, 6.07) is -2.23. The number of rotatable bonds is 62. The van der Waals surface area contributed by atoms with Crippen molar-refractivity contribution in [1.29, 1.82) is 0 Å². The van der Waals surface area contributed by atoms with Crippen LogP contribution in [0.2, 0.25) is 0 Å². The van der Waals surface area contributed by atoms with Gasteiger partial charge in [-0.1, -0.05) is 220 Å². The number of phosphoric acid groups is 2. The van der Waals surface area contributed by atoms with E-state index in [9.17, 15) is 43.5 Å². The normalized spacial score (nSPS) is 14.3. The summed E-state index contributed by atoms with van der Waals surface area (Å²) in [5.74, 6) is -0.443. The number of amides is 4. The van der Waals surface area contributed by atoms with Crippen molar-refractivity contribution in [3.05, 3.63) is 0 Å². The average Bonchev–Trinajstić information content (AvgIpc) is 3.44. The minimum atomic E-state index is -4.63. The van der Waals surface area contributed by atoms with Gasteiger partial charge in [-0.2, -0.15) is 0 Å². The Hall–Kier alpha value is 0.270. The second-order valence-corrected chi connectivity index (χ2v) is 24.8. The first-order valence-electron chi connectivity index (χ1n) is 32.0. The Kier molecular flexibility index (Phi) is 66.3. The van der Waals surface area contributed by atoms with Crippen LogP contribution in [0.15, 0.2) is 0 Å². The molecule has 23 heteroatoms. The molecular formula is C59H122N4Na2O15P2. The number of aliphatic hydroxyl groups excluding tert-OH is 2. The van der Waals surface area contributed by atoms with Gasteiger partial charge in [0.1, 0.15) is 0 Å². The molecule has 0 aliphatic carbocycles. The molecule has 480 valence electrons. The zero-order chi connectivity index (χ0) is 59.1. The van der Waals surface area contributed by atoms with Crippen LogP contribution in [0.25, 0.3) is 0 Å². The Bertz CT molecular complexity index is 1450. The van der Waals surface area contributed by atoms with Gasteiger partial charge in [-0.25, -0.2) is 13.9 Å². The summed E-state index contributed by atoms with van der Waals surface area (Å²) in [6.07, 6.45) is 38.2. The van der Waals surface area contributed by atoms with Gasteiger partial charge in [0.2, 0.25) is 11.8 Å². The second-order valence-electron chi connectivity index (χ2n) is 21.9. The van der Waals surface area contributed by atoms with Crippen LogP contribution in [0, 0.1) is 0 Å². The molecule has 0 aliphatic heterocycles. The van der Waals surface area contributed by atoms with Gasteiger partial charge in [0.05, 0.1) is 63.9 Å². The molecule has 0 radical (unpaired) electrons. The van der Waals surface area contributed by atoms with Crippen LogP contribution in [-0.2, 0) is 46.3 Å². The van der Waals surface area contributed by atoms with Crippen LogP contribution in [0.4, 0.5) is 4.79 Å². The Morgan fingerprint density at radius 3 is 0.976 bits per heavy atom. The van der Waals surface area contributed by atoms with E-state index in [1.807, 2.05) is 0 Å². The number of phosphoric ester groups is 2. The second kappa shape index (κ2) is 62.9. The molecule has 0 aliphatic rings. The summed E-state index contributed by atoms with van der Waals surface area (Å²) < 4.78 is 57.8. The van der Waals surface area contributed by atoms with Crippen molar-refractivity contribution >= 4 is 33.5 Å². The standard InChI is InChI=1S/C59H120N4O15P2.2Na.2H/c1-5-9-13-17-19-21-23-25-27-31-35-39-57(66)62-53(49-73-45-41-55(64)37-33-29-15-11-7-3)51-77-79(69,70)75-47-43-60-59(68)61-44-48-76-80(71,72)78-52-54(50-74-46-42-56(65)38-34-30-16-12-8-4)63-58(67)40-36-32-28-26-24-22-20-18-14-10-6-2;;;;/h53-56,64-65H,5-52H2,1-4H3,(H,62,66)(H,63,67)(H,69,70)(H,71,72)(H2,60,61,68);;;;/q;2*+1;2*-1/t53-,54-,55+,56+;;;;/m0..../s1. The molecule has 82 heavy (non-hydrogen) atoms. The predicted octanol–water partition coefficient (Wildman–Crippen LogP) is 7.41. The van der Waals surface area contributed by atoms with E-state index in [2.05, 4.69) is 49.0 Å². The molecule has 6 atom stereocenters. The third-order valence-electron chi connectivity index (χ3n) is 14.0. The SMILES string of the molecule is CCCCCCCCCCCCCC(=O)N[C@@H](COCC[C@H](O)CCCCCCC)COP(=O)(O)OCCNC(=O)NCCOP(=O)(O)OC[C@H](COCC[C@H](O)CCCCCCC)NC(=O)CCCCCCCCCCCCC.[H-].[H-].[Na+].[Na+]. The number of ether oxygens (including phenoxy) is 2. The minimum Gasteiger partial charge on any atom is -1.00 e. The summed E-state index contributed by atoms with van der Waals surface area (Å²) >= 11 is 0. The van der Waals surface area contributed by atoms with Gasteiger partial charge in [0.15, 0.2) is 0 Å². The van der Waals surface area contributed by atoms with Crippen LogP contribution >= 0.6 is 15.6 Å². The first kappa shape index (κ1) is 86.5. The predicted molar refractivity (Wildman–Crippen MR) is 323 cm³/mol. The summed E-state index contributed by atoms with van der Waals surface area (Å²) in [5.41, 5.74) is 0. The molecule has 0 aromatic rings. The monoisotopic (exact) mass is 1230 g/mol. The maximum absolute atomic E-state index is 12.9. The molecule has 0 heterocycles. The quantitative estimate of drug-likeness (QED) is 0.0167. The van der Waals surface area contributed by atoms with Crippen molar-refractivity contribution in [2.75, 3.05) is 65.9 Å². The van der Waals surface area contributed by atoms with Crippen molar-refractivity contribution in [3.8, 4) is 0 Å². The summed E-state index contributed by atoms with van der Waals surface area (Å²) in [6.45, 7) is 7.28. The van der Waals surface area contributed by atoms with E-state index in [1.54, 1.807) is 0 Å². The molecule has 0 fully saturated rings. The molecule has 0 spiro atoms. The third-order valence-corrected chi connectivity index (χ3v) is 16.0. The zero-order valence-electron chi connectivity index (χ0n) is 54.9. The number of carbonyl (C=O) groups is 3. The van der Waals surface area contributed by atoms with Crippen LogP contribution < -0.4 is 80.4 Å². The van der Waals surface area contributed by atoms with Crippen molar-refractivity contribution in [2.45, 2.75) is 296 Å². The Balaban J connectivity index is -0.00000520. The van der Waals surface area contributed by atoms with Crippen LogP contribution in [0.1, 0.15) is 275 Å². The first-order valence-corrected chi connectivity index (χ1v) is 35.0. The molecule has 4 amide bonds. The Labute approximate surface area is 545 Å². The summed E-state index contributed by atoms with van der Waals surface area (Å²) in [7, 11) is -9.25. The molecule has 19 nitrogen and oxygen atoms in total. The molecule has 0 bridgehead atoms. The van der Waals surface area contributed by atoms with Gasteiger partial charge in [-0.15, -0.1) is 0 Å². The van der Waals surface area contributed by atoms with E-state index in [0.29, 0.717) is 38.5 Å². The molecule has 0 rings (SSSR count). The van der Waals surface area contributed by atoms with E-state index in [1.165, 1.54) is 103 Å². The Morgan fingerprint density at radius 2 is 0.671 bits per heavy atom. The van der Waals surface area contributed by atoms with Crippen molar-refractivity contribution in [3.63, 3.8) is 0 Å². The van der Waals surface area contributed by atoms with Gasteiger partial charge in [0.25, 0.3) is 0 Å². The number of hydrogen-bond donors (Lipinski definition) is 8. The minimum absolute atomic E-state index is 0. The van der Waals surface area contributed by atoms with E-state index < -0.39 is 59.2 Å². The number of hydrogen-bond acceptors (Lipinski definition) is 13. The van der Waals surface area contributed by atoms with E-state index in [4.69, 9.17) is 27.6 Å². The molecule has 8 N–H and O–H groups in total. The summed E-state index contributed by atoms with van der Waals surface area (Å²) in [4.78, 5) is 59.1. The van der Waals surface area contributed by atoms with Gasteiger partial charge >= 0.3 is 80.8 Å². The fourth-order valence-corrected chi connectivity index (χ4v) is 10.6. The maximum Gasteiger partial charge on any atom is 1.00 e. The molecule has 2 unspecified atom stereocenters. The van der Waals surface area contributed by atoms with Crippen molar-refractivity contribution in [2.24, 2.45) is 0 Å². The first-order chi connectivity index (χ1) is 38.7. The van der Waals surface area contributed by atoms with Gasteiger partial charge in [0, 0.05) is 39.1 Å². The van der Waals surface area contributed by atoms with E-state index in [-0.39, 0.29) is 127 Å². The van der Waals surface area contributed by atoms with Crippen LogP contribution in [0.3, 0.4) is 0 Å². The fraction of sp³-hybridized carbons (Fsp3) is 0.949. The Morgan fingerprint density at radius 1 is 0.390 bits per heavy atom. The molecule has 0 aromatic carbocycles. The fourth-order valence-electron chi connectivity index (χ4n) is 9.06. The zero-order valence-corrected chi connectivity index (χ0v) is 58.7.